The average molecular weight is 412 g/mol. The lowest BCUT2D eigenvalue weighted by atomic mass is 9.49. The Morgan fingerprint density at radius 1 is 1.03 bits per heavy atom. The Bertz CT molecular complexity index is 780. The Balaban J connectivity index is 1.13. The summed E-state index contributed by atoms with van der Waals surface area (Å²) in [5.74, 6) is 3.50. The maximum Gasteiger partial charge on any atom is 0.238 e. The fourth-order valence-corrected chi connectivity index (χ4v) is 6.92. The van der Waals surface area contributed by atoms with E-state index in [2.05, 4.69) is 15.1 Å². The Kier molecular flexibility index (Phi) is 5.21. The summed E-state index contributed by atoms with van der Waals surface area (Å²) in [4.78, 5) is 30.2. The van der Waals surface area contributed by atoms with Crippen molar-refractivity contribution >= 4 is 17.5 Å². The van der Waals surface area contributed by atoms with E-state index in [9.17, 15) is 9.59 Å². The van der Waals surface area contributed by atoms with Gasteiger partial charge in [0.15, 0.2) is 0 Å². The molecule has 6 rings (SSSR count). The fraction of sp³-hybridized carbons (Fsp3) is 0.667. The normalized spacial score (nSPS) is 32.8. The van der Waals surface area contributed by atoms with E-state index in [1.165, 1.54) is 19.3 Å². The van der Waals surface area contributed by atoms with Crippen molar-refractivity contribution in [3.63, 3.8) is 0 Å². The number of nitrogens with zero attached hydrogens (tertiary/aromatic N) is 2. The third kappa shape index (κ3) is 3.82. The molecule has 0 radical (unpaired) electrons. The van der Waals surface area contributed by atoms with Crippen molar-refractivity contribution in [3.05, 3.63) is 24.3 Å². The first-order valence-electron chi connectivity index (χ1n) is 11.5. The molecule has 6 nitrogen and oxygen atoms in total. The first-order valence-corrected chi connectivity index (χ1v) is 11.5. The van der Waals surface area contributed by atoms with Gasteiger partial charge in [-0.25, -0.2) is 0 Å². The van der Waals surface area contributed by atoms with Crippen LogP contribution in [0.3, 0.4) is 0 Å². The van der Waals surface area contributed by atoms with E-state index in [0.717, 1.165) is 74.6 Å². The van der Waals surface area contributed by atoms with Crippen molar-refractivity contribution in [2.75, 3.05) is 45.2 Å². The first-order chi connectivity index (χ1) is 14.5. The van der Waals surface area contributed by atoms with E-state index in [0.29, 0.717) is 12.5 Å². The standard InChI is InChI=1S/C24H33N3O3/c1-30-21-4-2-3-20(12-21)25-22(28)16-26-5-7-27(8-6-26)23(29)24-13-17-9-18(14-24)11-19(10-17)15-24/h2-4,12,17-19H,5-11,13-16H2,1H3,(H,25,28). The highest BCUT2D eigenvalue weighted by atomic mass is 16.5. The molecule has 4 saturated carbocycles. The van der Waals surface area contributed by atoms with Crippen LogP contribution in [0.4, 0.5) is 5.69 Å². The van der Waals surface area contributed by atoms with Gasteiger partial charge in [0.25, 0.3) is 0 Å². The van der Waals surface area contributed by atoms with Gasteiger partial charge < -0.3 is 15.0 Å². The SMILES string of the molecule is COc1cccc(NC(=O)CN2CCN(C(=O)C34CC5CC(CC(C5)C3)C4)CC2)c1. The van der Waals surface area contributed by atoms with Crippen LogP contribution in [0.25, 0.3) is 0 Å². The molecule has 2 amide bonds. The molecule has 162 valence electrons. The smallest absolute Gasteiger partial charge is 0.238 e. The molecule has 1 N–H and O–H groups in total. The summed E-state index contributed by atoms with van der Waals surface area (Å²) in [5, 5.41) is 2.95. The van der Waals surface area contributed by atoms with Crippen LogP contribution in [0, 0.1) is 23.2 Å². The number of hydrogen-bond acceptors (Lipinski definition) is 4. The van der Waals surface area contributed by atoms with Crippen LogP contribution in [0.15, 0.2) is 24.3 Å². The Labute approximate surface area is 178 Å². The number of amides is 2. The minimum atomic E-state index is -0.0549. The van der Waals surface area contributed by atoms with Crippen molar-refractivity contribution in [1.29, 1.82) is 0 Å². The highest BCUT2D eigenvalue weighted by molar-refractivity contribution is 5.92. The Hall–Kier alpha value is -2.08. The number of carbonyl (C=O) groups is 2. The van der Waals surface area contributed by atoms with Gasteiger partial charge in [0, 0.05) is 37.9 Å². The first kappa shape index (κ1) is 19.9. The molecule has 0 spiro atoms. The summed E-state index contributed by atoms with van der Waals surface area (Å²) in [7, 11) is 1.62. The number of piperazine rings is 1. The number of carbonyl (C=O) groups excluding carboxylic acids is 2. The summed E-state index contributed by atoms with van der Waals surface area (Å²) in [6.07, 6.45) is 7.47. The van der Waals surface area contributed by atoms with Crippen molar-refractivity contribution in [3.8, 4) is 5.75 Å². The van der Waals surface area contributed by atoms with Gasteiger partial charge in [-0.05, 0) is 68.4 Å². The highest BCUT2D eigenvalue weighted by Crippen LogP contribution is 2.60. The third-order valence-electron chi connectivity index (χ3n) is 7.87. The third-order valence-corrected chi connectivity index (χ3v) is 7.87. The summed E-state index contributed by atoms with van der Waals surface area (Å²) in [6.45, 7) is 3.38. The lowest BCUT2D eigenvalue weighted by Crippen LogP contribution is -2.58. The summed E-state index contributed by atoms with van der Waals surface area (Å²) < 4.78 is 5.21. The molecule has 4 aliphatic carbocycles. The number of anilines is 1. The van der Waals surface area contributed by atoms with Crippen molar-refractivity contribution in [2.45, 2.75) is 38.5 Å². The van der Waals surface area contributed by atoms with Gasteiger partial charge in [-0.3, -0.25) is 14.5 Å². The second-order valence-electron chi connectivity index (χ2n) is 10.0. The molecular formula is C24H33N3O3. The zero-order valence-electron chi connectivity index (χ0n) is 17.9. The number of hydrogen-bond donors (Lipinski definition) is 1. The van der Waals surface area contributed by atoms with E-state index >= 15 is 0 Å². The number of methoxy groups -OCH3 is 1. The van der Waals surface area contributed by atoms with E-state index in [1.54, 1.807) is 7.11 Å². The lowest BCUT2D eigenvalue weighted by Gasteiger charge is -2.57. The predicted molar refractivity (Wildman–Crippen MR) is 115 cm³/mol. The minimum absolute atomic E-state index is 0.0240. The van der Waals surface area contributed by atoms with Gasteiger partial charge in [0.2, 0.25) is 11.8 Å². The molecule has 1 aromatic rings. The molecule has 0 atom stereocenters. The molecule has 30 heavy (non-hydrogen) atoms. The van der Waals surface area contributed by atoms with Crippen molar-refractivity contribution in [1.82, 2.24) is 9.80 Å². The average Bonchev–Trinajstić information content (AvgIpc) is 2.73. The van der Waals surface area contributed by atoms with E-state index in [1.807, 2.05) is 24.3 Å². The van der Waals surface area contributed by atoms with Gasteiger partial charge in [-0.2, -0.15) is 0 Å². The molecule has 0 unspecified atom stereocenters. The van der Waals surface area contributed by atoms with Crippen molar-refractivity contribution in [2.24, 2.45) is 23.2 Å². The quantitative estimate of drug-likeness (QED) is 0.809. The topological polar surface area (TPSA) is 61.9 Å². The van der Waals surface area contributed by atoms with Crippen LogP contribution >= 0.6 is 0 Å². The van der Waals surface area contributed by atoms with Gasteiger partial charge in [-0.15, -0.1) is 0 Å². The minimum Gasteiger partial charge on any atom is -0.497 e. The van der Waals surface area contributed by atoms with E-state index in [-0.39, 0.29) is 11.3 Å². The second kappa shape index (κ2) is 7.88. The van der Waals surface area contributed by atoms with E-state index in [4.69, 9.17) is 4.74 Å². The molecule has 1 aliphatic heterocycles. The Morgan fingerprint density at radius 2 is 1.67 bits per heavy atom. The molecule has 1 aromatic carbocycles. The van der Waals surface area contributed by atoms with Crippen molar-refractivity contribution < 1.29 is 14.3 Å². The largest absolute Gasteiger partial charge is 0.497 e. The molecule has 4 bridgehead atoms. The van der Waals surface area contributed by atoms with Gasteiger partial charge in [0.1, 0.15) is 5.75 Å². The van der Waals surface area contributed by atoms with Gasteiger partial charge in [0.05, 0.1) is 19.1 Å². The second-order valence-corrected chi connectivity index (χ2v) is 10.0. The maximum absolute atomic E-state index is 13.5. The molecule has 6 heteroatoms. The molecule has 5 aliphatic rings. The number of benzene rings is 1. The lowest BCUT2D eigenvalue weighted by molar-refractivity contribution is -0.159. The summed E-state index contributed by atoms with van der Waals surface area (Å²) in [5.41, 5.74) is 0.690. The molecule has 0 aromatic heterocycles. The predicted octanol–water partition coefficient (Wildman–Crippen LogP) is 2.99. The highest BCUT2D eigenvalue weighted by Gasteiger charge is 2.55. The fourth-order valence-electron chi connectivity index (χ4n) is 6.92. The van der Waals surface area contributed by atoms with Crippen LogP contribution in [-0.4, -0.2) is 61.4 Å². The van der Waals surface area contributed by atoms with Crippen LogP contribution in [0.5, 0.6) is 5.75 Å². The number of ether oxygens (including phenoxy) is 1. The summed E-state index contributed by atoms with van der Waals surface area (Å²) in [6, 6.07) is 7.40. The number of rotatable bonds is 5. The molecule has 1 saturated heterocycles. The van der Waals surface area contributed by atoms with Gasteiger partial charge >= 0.3 is 0 Å². The van der Waals surface area contributed by atoms with Gasteiger partial charge in [-0.1, -0.05) is 6.07 Å². The maximum atomic E-state index is 13.5. The zero-order chi connectivity index (χ0) is 20.7. The molecule has 1 heterocycles. The van der Waals surface area contributed by atoms with Crippen LogP contribution in [-0.2, 0) is 9.59 Å². The van der Waals surface area contributed by atoms with Crippen LogP contribution in [0.2, 0.25) is 0 Å². The van der Waals surface area contributed by atoms with E-state index < -0.39 is 0 Å². The Morgan fingerprint density at radius 3 is 2.27 bits per heavy atom. The molecule has 5 fully saturated rings. The van der Waals surface area contributed by atoms with Crippen LogP contribution in [0.1, 0.15) is 38.5 Å². The summed E-state index contributed by atoms with van der Waals surface area (Å²) >= 11 is 0. The van der Waals surface area contributed by atoms with Crippen LogP contribution < -0.4 is 10.1 Å². The zero-order valence-corrected chi connectivity index (χ0v) is 17.9. The monoisotopic (exact) mass is 411 g/mol. The molecular weight excluding hydrogens is 378 g/mol. The number of nitrogens with one attached hydrogen (secondary N) is 1.